The number of rotatable bonds is 2. The fourth-order valence-corrected chi connectivity index (χ4v) is 2.40. The van der Waals surface area contributed by atoms with Gasteiger partial charge in [0.05, 0.1) is 12.2 Å². The van der Waals surface area contributed by atoms with Crippen LogP contribution in [0.3, 0.4) is 0 Å². The number of hydrogen-bond donors (Lipinski definition) is 1. The summed E-state index contributed by atoms with van der Waals surface area (Å²) in [6.45, 7) is 5.27. The molecule has 1 N–H and O–H groups in total. The highest BCUT2D eigenvalue weighted by molar-refractivity contribution is 5.98. The molecule has 0 aromatic carbocycles. The number of anilines is 1. The second kappa shape index (κ2) is 4.39. The molecule has 2 heterocycles. The van der Waals surface area contributed by atoms with Crippen LogP contribution in [0.25, 0.3) is 0 Å². The van der Waals surface area contributed by atoms with Crippen LogP contribution >= 0.6 is 0 Å². The average Bonchev–Trinajstić information content (AvgIpc) is 2.71. The Morgan fingerprint density at radius 3 is 2.94 bits per heavy atom. The lowest BCUT2D eigenvalue weighted by Crippen LogP contribution is -2.32. The van der Waals surface area contributed by atoms with Crippen molar-refractivity contribution >= 4 is 11.7 Å². The summed E-state index contributed by atoms with van der Waals surface area (Å²) in [7, 11) is 3.52. The molecular weight excluding hydrogens is 216 g/mol. The highest BCUT2D eigenvalue weighted by Crippen LogP contribution is 2.32. The van der Waals surface area contributed by atoms with E-state index in [4.69, 9.17) is 0 Å². The zero-order chi connectivity index (χ0) is 12.6. The zero-order valence-electron chi connectivity index (χ0n) is 10.9. The maximum absolute atomic E-state index is 12.0. The lowest BCUT2D eigenvalue weighted by Gasteiger charge is -2.31. The fraction of sp³-hybridized carbons (Fsp3) is 0.667. The van der Waals surface area contributed by atoms with E-state index in [1.807, 2.05) is 4.68 Å². The van der Waals surface area contributed by atoms with Gasteiger partial charge >= 0.3 is 0 Å². The Morgan fingerprint density at radius 1 is 1.65 bits per heavy atom. The van der Waals surface area contributed by atoms with Crippen molar-refractivity contribution < 1.29 is 4.79 Å². The molecule has 1 aromatic rings. The molecule has 1 amide bonds. The van der Waals surface area contributed by atoms with Gasteiger partial charge in [-0.1, -0.05) is 13.8 Å². The van der Waals surface area contributed by atoms with Gasteiger partial charge in [0.15, 0.2) is 0 Å². The standard InChI is InChI=1S/C12H20N4O/c1-5-10-8(2)6-13-11-9(7-14-16(10)11)12(17)15(3)4/h7-8,10,13H,5-6H2,1-4H3. The van der Waals surface area contributed by atoms with E-state index in [9.17, 15) is 4.79 Å². The van der Waals surface area contributed by atoms with Crippen molar-refractivity contribution in [2.75, 3.05) is 26.0 Å². The molecule has 1 aliphatic rings. The van der Waals surface area contributed by atoms with E-state index >= 15 is 0 Å². The van der Waals surface area contributed by atoms with E-state index in [2.05, 4.69) is 24.3 Å². The van der Waals surface area contributed by atoms with Crippen molar-refractivity contribution in [3.8, 4) is 0 Å². The van der Waals surface area contributed by atoms with Crippen LogP contribution < -0.4 is 5.32 Å². The Kier molecular flexibility index (Phi) is 3.09. The van der Waals surface area contributed by atoms with E-state index in [0.29, 0.717) is 17.5 Å². The monoisotopic (exact) mass is 236 g/mol. The molecule has 5 heteroatoms. The van der Waals surface area contributed by atoms with Crippen LogP contribution in [0.2, 0.25) is 0 Å². The number of nitrogens with one attached hydrogen (secondary N) is 1. The van der Waals surface area contributed by atoms with E-state index in [1.54, 1.807) is 25.2 Å². The maximum atomic E-state index is 12.0. The second-order valence-corrected chi connectivity index (χ2v) is 4.88. The number of amides is 1. The highest BCUT2D eigenvalue weighted by atomic mass is 16.2. The van der Waals surface area contributed by atoms with Crippen molar-refractivity contribution in [1.29, 1.82) is 0 Å². The van der Waals surface area contributed by atoms with Crippen LogP contribution in [0, 0.1) is 5.92 Å². The topological polar surface area (TPSA) is 50.2 Å². The Hall–Kier alpha value is -1.52. The smallest absolute Gasteiger partial charge is 0.258 e. The van der Waals surface area contributed by atoms with Gasteiger partial charge in [-0.05, 0) is 12.3 Å². The molecule has 2 rings (SSSR count). The first-order valence-electron chi connectivity index (χ1n) is 6.09. The lowest BCUT2D eigenvalue weighted by molar-refractivity contribution is 0.0828. The third-order valence-electron chi connectivity index (χ3n) is 3.41. The largest absolute Gasteiger partial charge is 0.369 e. The van der Waals surface area contributed by atoms with Crippen LogP contribution in [-0.2, 0) is 0 Å². The van der Waals surface area contributed by atoms with Crippen molar-refractivity contribution in [1.82, 2.24) is 14.7 Å². The molecule has 0 saturated carbocycles. The van der Waals surface area contributed by atoms with Crippen LogP contribution in [-0.4, -0.2) is 41.2 Å². The molecule has 0 fully saturated rings. The minimum atomic E-state index is 0.00292. The molecule has 0 saturated heterocycles. The summed E-state index contributed by atoms with van der Waals surface area (Å²) in [5.41, 5.74) is 0.667. The molecule has 0 bridgehead atoms. The van der Waals surface area contributed by atoms with Crippen LogP contribution in [0.5, 0.6) is 0 Å². The summed E-state index contributed by atoms with van der Waals surface area (Å²) in [5.74, 6) is 1.41. The summed E-state index contributed by atoms with van der Waals surface area (Å²) < 4.78 is 1.96. The Morgan fingerprint density at radius 2 is 2.35 bits per heavy atom. The number of aromatic nitrogens is 2. The van der Waals surface area contributed by atoms with Gasteiger partial charge < -0.3 is 10.2 Å². The maximum Gasteiger partial charge on any atom is 0.258 e. The SMILES string of the molecule is CCC1C(C)CNc2c(C(=O)N(C)C)cnn21. The summed E-state index contributed by atoms with van der Waals surface area (Å²) in [5, 5.41) is 7.68. The summed E-state index contributed by atoms with van der Waals surface area (Å²) in [4.78, 5) is 13.6. The van der Waals surface area contributed by atoms with Gasteiger partial charge in [0, 0.05) is 20.6 Å². The van der Waals surface area contributed by atoms with Crippen molar-refractivity contribution in [3.63, 3.8) is 0 Å². The van der Waals surface area contributed by atoms with E-state index in [0.717, 1.165) is 18.8 Å². The predicted octanol–water partition coefficient (Wildman–Crippen LogP) is 1.60. The third kappa shape index (κ3) is 1.90. The van der Waals surface area contributed by atoms with Gasteiger partial charge in [0.2, 0.25) is 0 Å². The number of nitrogens with zero attached hydrogens (tertiary/aromatic N) is 3. The average molecular weight is 236 g/mol. The number of fused-ring (bicyclic) bond motifs is 1. The Labute approximate surface area is 102 Å². The minimum absolute atomic E-state index is 0.00292. The molecule has 94 valence electrons. The molecule has 0 radical (unpaired) electrons. The molecular formula is C12H20N4O. The second-order valence-electron chi connectivity index (χ2n) is 4.88. The first kappa shape index (κ1) is 12.0. The first-order valence-corrected chi connectivity index (χ1v) is 6.09. The third-order valence-corrected chi connectivity index (χ3v) is 3.41. The Bertz CT molecular complexity index is 424. The molecule has 0 spiro atoms. The van der Waals surface area contributed by atoms with Crippen LogP contribution in [0.1, 0.15) is 36.7 Å². The van der Waals surface area contributed by atoms with Gasteiger partial charge in [-0.3, -0.25) is 4.79 Å². The van der Waals surface area contributed by atoms with Crippen molar-refractivity contribution in [2.45, 2.75) is 26.3 Å². The highest BCUT2D eigenvalue weighted by Gasteiger charge is 2.29. The normalized spacial score (nSPS) is 22.8. The first-order chi connectivity index (χ1) is 8.06. The molecule has 2 unspecified atom stereocenters. The van der Waals surface area contributed by atoms with E-state index in [1.165, 1.54) is 0 Å². The minimum Gasteiger partial charge on any atom is -0.369 e. The molecule has 17 heavy (non-hydrogen) atoms. The zero-order valence-corrected chi connectivity index (χ0v) is 10.9. The van der Waals surface area contributed by atoms with E-state index < -0.39 is 0 Å². The van der Waals surface area contributed by atoms with Crippen molar-refractivity contribution in [3.05, 3.63) is 11.8 Å². The summed E-state index contributed by atoms with van der Waals surface area (Å²) in [6.07, 6.45) is 2.71. The molecule has 0 aliphatic carbocycles. The van der Waals surface area contributed by atoms with Gasteiger partial charge in [-0.25, -0.2) is 4.68 Å². The van der Waals surface area contributed by atoms with E-state index in [-0.39, 0.29) is 5.91 Å². The number of hydrogen-bond acceptors (Lipinski definition) is 3. The Balaban J connectivity index is 2.39. The summed E-state index contributed by atoms with van der Waals surface area (Å²) in [6, 6.07) is 0.384. The summed E-state index contributed by atoms with van der Waals surface area (Å²) >= 11 is 0. The van der Waals surface area contributed by atoms with Crippen molar-refractivity contribution in [2.24, 2.45) is 5.92 Å². The number of carbonyl (C=O) groups is 1. The van der Waals surface area contributed by atoms with Gasteiger partial charge in [0.25, 0.3) is 5.91 Å². The van der Waals surface area contributed by atoms with Crippen LogP contribution in [0.15, 0.2) is 6.20 Å². The fourth-order valence-electron chi connectivity index (χ4n) is 2.40. The molecule has 2 atom stereocenters. The van der Waals surface area contributed by atoms with Gasteiger partial charge in [-0.15, -0.1) is 0 Å². The molecule has 1 aromatic heterocycles. The number of carbonyl (C=O) groups excluding carboxylic acids is 1. The molecule has 5 nitrogen and oxygen atoms in total. The van der Waals surface area contributed by atoms with Gasteiger partial charge in [-0.2, -0.15) is 5.10 Å². The van der Waals surface area contributed by atoms with Gasteiger partial charge in [0.1, 0.15) is 11.4 Å². The van der Waals surface area contributed by atoms with Crippen LogP contribution in [0.4, 0.5) is 5.82 Å². The quantitative estimate of drug-likeness (QED) is 0.848. The lowest BCUT2D eigenvalue weighted by atomic mass is 9.97. The molecule has 1 aliphatic heterocycles. The predicted molar refractivity (Wildman–Crippen MR) is 67.2 cm³/mol.